The van der Waals surface area contributed by atoms with Gasteiger partial charge in [-0.3, -0.25) is 0 Å². The van der Waals surface area contributed by atoms with Gasteiger partial charge < -0.3 is 0 Å². The van der Waals surface area contributed by atoms with E-state index >= 15 is 0 Å². The van der Waals surface area contributed by atoms with E-state index in [0.29, 0.717) is 6.42 Å². The number of rotatable bonds is 2. The lowest BCUT2D eigenvalue weighted by atomic mass is 9.95. The van der Waals surface area contributed by atoms with Crippen LogP contribution in [0.15, 0.2) is 17.4 Å². The van der Waals surface area contributed by atoms with Crippen LogP contribution in [0.1, 0.15) is 44.9 Å². The first-order chi connectivity index (χ1) is 5.93. The maximum absolute atomic E-state index is 8.30. The minimum atomic E-state index is 0.625. The Balaban J connectivity index is 2.33. The molecule has 1 aliphatic rings. The standard InChI is InChI=1S/C11H15N/c12-10-6-2-5-9-11-7-3-1-4-8-11/h5H,1-4,6-8H2. The van der Waals surface area contributed by atoms with Gasteiger partial charge in [0.1, 0.15) is 0 Å². The fourth-order valence-electron chi connectivity index (χ4n) is 1.48. The number of unbranched alkanes of at least 4 members (excludes halogenated alkanes) is 1. The molecule has 0 heterocycles. The van der Waals surface area contributed by atoms with Gasteiger partial charge in [-0.1, -0.05) is 6.42 Å². The Labute approximate surface area is 74.4 Å². The normalized spacial score (nSPS) is 16.4. The van der Waals surface area contributed by atoms with Crippen LogP contribution in [0.3, 0.4) is 0 Å². The van der Waals surface area contributed by atoms with Crippen molar-refractivity contribution in [3.63, 3.8) is 0 Å². The lowest BCUT2D eigenvalue weighted by Gasteiger charge is -2.10. The molecule has 1 rings (SSSR count). The first-order valence-corrected chi connectivity index (χ1v) is 4.73. The van der Waals surface area contributed by atoms with Crippen LogP contribution in [0.25, 0.3) is 0 Å². The van der Waals surface area contributed by atoms with Crippen molar-refractivity contribution in [3.8, 4) is 6.07 Å². The van der Waals surface area contributed by atoms with E-state index in [-0.39, 0.29) is 0 Å². The molecule has 0 spiro atoms. The SMILES string of the molecule is N#CCCC=C=C1CCCCC1. The molecule has 0 saturated heterocycles. The molecule has 0 atom stereocenters. The van der Waals surface area contributed by atoms with Crippen molar-refractivity contribution in [1.82, 2.24) is 0 Å². The monoisotopic (exact) mass is 161 g/mol. The summed E-state index contributed by atoms with van der Waals surface area (Å²) in [4.78, 5) is 0. The molecule has 0 unspecified atom stereocenters. The van der Waals surface area contributed by atoms with Crippen molar-refractivity contribution >= 4 is 0 Å². The largest absolute Gasteiger partial charge is 0.198 e. The molecule has 0 N–H and O–H groups in total. The first kappa shape index (κ1) is 9.10. The third kappa shape index (κ3) is 3.42. The number of nitriles is 1. The Kier molecular flexibility index (Phi) is 4.27. The summed E-state index contributed by atoms with van der Waals surface area (Å²) in [5.74, 6) is 0. The molecule has 0 radical (unpaired) electrons. The van der Waals surface area contributed by atoms with Crippen LogP contribution in [0, 0.1) is 11.3 Å². The summed E-state index contributed by atoms with van der Waals surface area (Å²) < 4.78 is 0. The van der Waals surface area contributed by atoms with Crippen molar-refractivity contribution in [3.05, 3.63) is 17.4 Å². The Morgan fingerprint density at radius 1 is 1.25 bits per heavy atom. The van der Waals surface area contributed by atoms with Gasteiger partial charge >= 0.3 is 0 Å². The number of nitrogens with zero attached hydrogens (tertiary/aromatic N) is 1. The van der Waals surface area contributed by atoms with E-state index in [2.05, 4.69) is 11.8 Å². The lowest BCUT2D eigenvalue weighted by molar-refractivity contribution is 0.600. The average Bonchev–Trinajstić information content (AvgIpc) is 2.14. The van der Waals surface area contributed by atoms with Gasteiger partial charge in [-0.2, -0.15) is 5.26 Å². The van der Waals surface area contributed by atoms with E-state index in [1.54, 1.807) is 0 Å². The molecule has 0 aromatic rings. The summed E-state index contributed by atoms with van der Waals surface area (Å²) in [7, 11) is 0. The zero-order chi connectivity index (χ0) is 8.65. The highest BCUT2D eigenvalue weighted by Crippen LogP contribution is 2.21. The van der Waals surface area contributed by atoms with Crippen molar-refractivity contribution in [2.45, 2.75) is 44.9 Å². The molecule has 1 saturated carbocycles. The van der Waals surface area contributed by atoms with Crippen LogP contribution in [0.4, 0.5) is 0 Å². The number of hydrogen-bond acceptors (Lipinski definition) is 1. The molecule has 64 valence electrons. The maximum atomic E-state index is 8.30. The van der Waals surface area contributed by atoms with Crippen LogP contribution >= 0.6 is 0 Å². The summed E-state index contributed by atoms with van der Waals surface area (Å²) >= 11 is 0. The Hall–Kier alpha value is -0.990. The van der Waals surface area contributed by atoms with Gasteiger partial charge in [0, 0.05) is 6.42 Å². The molecule has 0 bridgehead atoms. The van der Waals surface area contributed by atoms with Gasteiger partial charge in [-0.25, -0.2) is 0 Å². The molecular formula is C11H15N. The topological polar surface area (TPSA) is 23.8 Å². The van der Waals surface area contributed by atoms with Gasteiger partial charge in [0.15, 0.2) is 0 Å². The van der Waals surface area contributed by atoms with Crippen molar-refractivity contribution in [2.75, 3.05) is 0 Å². The van der Waals surface area contributed by atoms with Crippen LogP contribution in [-0.4, -0.2) is 0 Å². The summed E-state index contributed by atoms with van der Waals surface area (Å²) in [6.07, 6.45) is 9.99. The minimum Gasteiger partial charge on any atom is -0.198 e. The second-order valence-electron chi connectivity index (χ2n) is 3.21. The highest BCUT2D eigenvalue weighted by Gasteiger charge is 2.02. The molecule has 0 aromatic carbocycles. The molecule has 1 fully saturated rings. The van der Waals surface area contributed by atoms with E-state index in [0.717, 1.165) is 6.42 Å². The second-order valence-corrected chi connectivity index (χ2v) is 3.21. The van der Waals surface area contributed by atoms with E-state index < -0.39 is 0 Å². The predicted octanol–water partition coefficient (Wildman–Crippen LogP) is 3.34. The average molecular weight is 161 g/mol. The molecule has 0 amide bonds. The van der Waals surface area contributed by atoms with Gasteiger partial charge in [0.05, 0.1) is 6.07 Å². The zero-order valence-electron chi connectivity index (χ0n) is 7.47. The predicted molar refractivity (Wildman–Crippen MR) is 49.5 cm³/mol. The molecule has 1 heteroatoms. The van der Waals surface area contributed by atoms with E-state index in [1.807, 2.05) is 6.08 Å². The summed E-state index contributed by atoms with van der Waals surface area (Å²) in [6, 6.07) is 2.12. The zero-order valence-corrected chi connectivity index (χ0v) is 7.47. The number of hydrogen-bond donors (Lipinski definition) is 0. The smallest absolute Gasteiger partial charge is 0.0625 e. The molecule has 0 aliphatic heterocycles. The van der Waals surface area contributed by atoms with Crippen molar-refractivity contribution < 1.29 is 0 Å². The Morgan fingerprint density at radius 3 is 2.67 bits per heavy atom. The quantitative estimate of drug-likeness (QED) is 0.450. The molecule has 1 nitrogen and oxygen atoms in total. The summed E-state index contributed by atoms with van der Waals surface area (Å²) in [6.45, 7) is 0. The fourth-order valence-corrected chi connectivity index (χ4v) is 1.48. The fraction of sp³-hybridized carbons (Fsp3) is 0.636. The second kappa shape index (κ2) is 5.63. The third-order valence-electron chi connectivity index (χ3n) is 2.16. The van der Waals surface area contributed by atoms with Crippen LogP contribution < -0.4 is 0 Å². The molecule has 1 aliphatic carbocycles. The summed E-state index contributed by atoms with van der Waals surface area (Å²) in [5.41, 5.74) is 4.75. The van der Waals surface area contributed by atoms with Gasteiger partial charge in [-0.15, -0.1) is 5.73 Å². The first-order valence-electron chi connectivity index (χ1n) is 4.73. The van der Waals surface area contributed by atoms with Crippen LogP contribution in [-0.2, 0) is 0 Å². The van der Waals surface area contributed by atoms with Crippen molar-refractivity contribution in [1.29, 1.82) is 5.26 Å². The van der Waals surface area contributed by atoms with Crippen LogP contribution in [0.5, 0.6) is 0 Å². The van der Waals surface area contributed by atoms with Gasteiger partial charge in [0.25, 0.3) is 0 Å². The third-order valence-corrected chi connectivity index (χ3v) is 2.16. The maximum Gasteiger partial charge on any atom is 0.0625 e. The van der Waals surface area contributed by atoms with E-state index in [4.69, 9.17) is 5.26 Å². The molecule has 0 aromatic heterocycles. The highest BCUT2D eigenvalue weighted by atomic mass is 14.2. The lowest BCUT2D eigenvalue weighted by Crippen LogP contribution is -1.91. The van der Waals surface area contributed by atoms with Crippen molar-refractivity contribution in [2.24, 2.45) is 0 Å². The summed E-state index contributed by atoms with van der Waals surface area (Å²) in [5, 5.41) is 8.30. The van der Waals surface area contributed by atoms with E-state index in [1.165, 1.54) is 37.7 Å². The Morgan fingerprint density at radius 2 is 2.00 bits per heavy atom. The van der Waals surface area contributed by atoms with Gasteiger partial charge in [0.2, 0.25) is 0 Å². The molecule has 12 heavy (non-hydrogen) atoms. The molecular weight excluding hydrogens is 146 g/mol. The Bertz CT molecular complexity index is 218. The van der Waals surface area contributed by atoms with Crippen LogP contribution in [0.2, 0.25) is 0 Å². The number of allylic oxidation sites excluding steroid dienone is 1. The van der Waals surface area contributed by atoms with E-state index in [9.17, 15) is 0 Å². The minimum absolute atomic E-state index is 0.625. The highest BCUT2D eigenvalue weighted by molar-refractivity contribution is 5.04. The van der Waals surface area contributed by atoms with Gasteiger partial charge in [-0.05, 0) is 43.8 Å².